The maximum atomic E-state index is 12.4. The van der Waals surface area contributed by atoms with Gasteiger partial charge in [-0.15, -0.1) is 0 Å². The van der Waals surface area contributed by atoms with Crippen molar-refractivity contribution in [1.29, 1.82) is 0 Å². The number of aryl methyl sites for hydroxylation is 1. The Bertz CT molecular complexity index is 807. The number of nitrogens with two attached hydrogens (primary N) is 1. The van der Waals surface area contributed by atoms with Crippen LogP contribution in [0.4, 0.5) is 5.69 Å². The minimum Gasteiger partial charge on any atom is -0.397 e. The van der Waals surface area contributed by atoms with Gasteiger partial charge in [-0.25, -0.2) is 4.98 Å². The van der Waals surface area contributed by atoms with Gasteiger partial charge in [0.2, 0.25) is 0 Å². The van der Waals surface area contributed by atoms with Gasteiger partial charge in [0.1, 0.15) is 11.5 Å². The van der Waals surface area contributed by atoms with Crippen molar-refractivity contribution in [2.45, 2.75) is 19.9 Å². The average Bonchev–Trinajstić information content (AvgIpc) is 2.84. The van der Waals surface area contributed by atoms with Crippen molar-refractivity contribution in [3.63, 3.8) is 0 Å². The van der Waals surface area contributed by atoms with Crippen molar-refractivity contribution in [2.75, 3.05) is 5.73 Å². The molecular weight excluding hydrogens is 264 g/mol. The molecule has 0 saturated carbocycles. The van der Waals surface area contributed by atoms with Crippen molar-refractivity contribution in [3.05, 3.63) is 54.1 Å². The van der Waals surface area contributed by atoms with Crippen molar-refractivity contribution in [3.8, 4) is 0 Å². The van der Waals surface area contributed by atoms with E-state index < -0.39 is 0 Å². The largest absolute Gasteiger partial charge is 0.397 e. The summed E-state index contributed by atoms with van der Waals surface area (Å²) in [5, 5.41) is 0. The van der Waals surface area contributed by atoms with E-state index in [2.05, 4.69) is 9.97 Å². The van der Waals surface area contributed by atoms with E-state index >= 15 is 0 Å². The zero-order valence-electron chi connectivity index (χ0n) is 11.8. The predicted octanol–water partition coefficient (Wildman–Crippen LogP) is 2.46. The normalized spacial score (nSPS) is 10.9. The van der Waals surface area contributed by atoms with Crippen LogP contribution in [0.5, 0.6) is 0 Å². The molecule has 0 atom stereocenters. The summed E-state index contributed by atoms with van der Waals surface area (Å²) in [6.07, 6.45) is 1.77. The van der Waals surface area contributed by atoms with Crippen LogP contribution in [0.15, 0.2) is 42.6 Å². The Kier molecular flexibility index (Phi) is 3.39. The summed E-state index contributed by atoms with van der Waals surface area (Å²) in [5.41, 5.74) is 8.46. The molecule has 2 heterocycles. The molecule has 0 amide bonds. The first-order chi connectivity index (χ1) is 10.2. The number of ketones is 1. The Morgan fingerprint density at radius 2 is 2.05 bits per heavy atom. The van der Waals surface area contributed by atoms with Gasteiger partial charge < -0.3 is 10.3 Å². The molecule has 0 aliphatic rings. The maximum absolute atomic E-state index is 12.4. The lowest BCUT2D eigenvalue weighted by atomic mass is 10.1. The zero-order valence-corrected chi connectivity index (χ0v) is 11.8. The Morgan fingerprint density at radius 3 is 2.81 bits per heavy atom. The smallest absolute Gasteiger partial charge is 0.190 e. The van der Waals surface area contributed by atoms with Gasteiger partial charge in [-0.05, 0) is 31.2 Å². The van der Waals surface area contributed by atoms with E-state index in [1.54, 1.807) is 18.3 Å². The third-order valence-electron chi connectivity index (χ3n) is 3.47. The van der Waals surface area contributed by atoms with E-state index in [0.29, 0.717) is 11.4 Å². The van der Waals surface area contributed by atoms with Gasteiger partial charge in [-0.2, -0.15) is 0 Å². The molecule has 0 bridgehead atoms. The number of hydrogen-bond donors (Lipinski definition) is 1. The fraction of sp³-hybridized carbons (Fsp3) is 0.188. The van der Waals surface area contributed by atoms with Gasteiger partial charge in [-0.3, -0.25) is 9.78 Å². The Morgan fingerprint density at radius 1 is 1.24 bits per heavy atom. The number of para-hydroxylation sites is 2. The molecule has 0 spiro atoms. The van der Waals surface area contributed by atoms with Gasteiger partial charge in [0.05, 0.1) is 23.1 Å². The number of pyridine rings is 1. The van der Waals surface area contributed by atoms with Crippen LogP contribution >= 0.6 is 0 Å². The molecule has 3 rings (SSSR count). The molecule has 5 nitrogen and oxygen atoms in total. The molecule has 2 aromatic heterocycles. The minimum absolute atomic E-state index is 0.113. The highest BCUT2D eigenvalue weighted by molar-refractivity contribution is 6.00. The highest BCUT2D eigenvalue weighted by Crippen LogP contribution is 2.18. The predicted molar refractivity (Wildman–Crippen MR) is 82.1 cm³/mol. The molecule has 106 valence electrons. The van der Waals surface area contributed by atoms with Gasteiger partial charge >= 0.3 is 0 Å². The standard InChI is InChI=1S/C16H16N4O/c1-2-20-13-8-4-3-7-12(13)19-15(20)10-14(21)16-11(17)6-5-9-18-16/h3-9H,2,10,17H2,1H3. The summed E-state index contributed by atoms with van der Waals surface area (Å²) in [6, 6.07) is 11.3. The first-order valence-electron chi connectivity index (χ1n) is 6.88. The van der Waals surface area contributed by atoms with E-state index in [0.717, 1.165) is 23.4 Å². The SMILES string of the molecule is CCn1c(CC(=O)c2ncccc2N)nc2ccccc21. The number of hydrogen-bond acceptors (Lipinski definition) is 4. The number of rotatable bonds is 4. The van der Waals surface area contributed by atoms with E-state index in [1.807, 2.05) is 35.8 Å². The van der Waals surface area contributed by atoms with Crippen LogP contribution in [-0.4, -0.2) is 20.3 Å². The van der Waals surface area contributed by atoms with Gasteiger partial charge in [0, 0.05) is 12.7 Å². The lowest BCUT2D eigenvalue weighted by Gasteiger charge is -2.06. The molecule has 0 unspecified atom stereocenters. The second-order valence-electron chi connectivity index (χ2n) is 4.80. The molecule has 2 N–H and O–H groups in total. The van der Waals surface area contributed by atoms with Crippen LogP contribution in [0.25, 0.3) is 11.0 Å². The molecule has 0 aliphatic carbocycles. The number of nitrogen functional groups attached to an aromatic ring is 1. The number of aromatic nitrogens is 3. The van der Waals surface area contributed by atoms with Gasteiger partial charge in [-0.1, -0.05) is 12.1 Å². The Balaban J connectivity index is 1.98. The summed E-state index contributed by atoms with van der Waals surface area (Å²) >= 11 is 0. The van der Waals surface area contributed by atoms with Crippen molar-refractivity contribution < 1.29 is 4.79 Å². The molecule has 0 saturated heterocycles. The van der Waals surface area contributed by atoms with Crippen LogP contribution < -0.4 is 5.73 Å². The monoisotopic (exact) mass is 280 g/mol. The Labute approximate surface area is 122 Å². The number of imidazole rings is 1. The molecule has 21 heavy (non-hydrogen) atoms. The molecule has 0 radical (unpaired) electrons. The van der Waals surface area contributed by atoms with E-state index in [1.165, 1.54) is 0 Å². The van der Waals surface area contributed by atoms with Crippen molar-refractivity contribution >= 4 is 22.5 Å². The number of Topliss-reactive ketones (excluding diaryl/α,β-unsaturated/α-hetero) is 1. The molecule has 0 aliphatic heterocycles. The number of carbonyl (C=O) groups excluding carboxylic acids is 1. The second-order valence-corrected chi connectivity index (χ2v) is 4.80. The fourth-order valence-electron chi connectivity index (χ4n) is 2.49. The lowest BCUT2D eigenvalue weighted by Crippen LogP contribution is -2.13. The quantitative estimate of drug-likeness (QED) is 0.745. The van der Waals surface area contributed by atoms with Crippen LogP contribution in [-0.2, 0) is 13.0 Å². The van der Waals surface area contributed by atoms with E-state index in [-0.39, 0.29) is 12.2 Å². The molecule has 0 fully saturated rings. The van der Waals surface area contributed by atoms with Crippen LogP contribution in [0.3, 0.4) is 0 Å². The number of carbonyl (C=O) groups is 1. The second kappa shape index (κ2) is 5.36. The number of fused-ring (bicyclic) bond motifs is 1. The van der Waals surface area contributed by atoms with Crippen LogP contribution in [0.1, 0.15) is 23.2 Å². The van der Waals surface area contributed by atoms with Crippen LogP contribution in [0, 0.1) is 0 Å². The first-order valence-corrected chi connectivity index (χ1v) is 6.88. The third-order valence-corrected chi connectivity index (χ3v) is 3.47. The topological polar surface area (TPSA) is 73.8 Å². The zero-order chi connectivity index (χ0) is 14.8. The van der Waals surface area contributed by atoms with Crippen molar-refractivity contribution in [2.24, 2.45) is 0 Å². The summed E-state index contributed by atoms with van der Waals surface area (Å²) in [7, 11) is 0. The molecular formula is C16H16N4O. The number of nitrogens with zero attached hydrogens (tertiary/aromatic N) is 3. The summed E-state index contributed by atoms with van der Waals surface area (Å²) in [6.45, 7) is 2.80. The summed E-state index contributed by atoms with van der Waals surface area (Å²) in [5.74, 6) is 0.631. The van der Waals surface area contributed by atoms with E-state index in [9.17, 15) is 4.79 Å². The molecule has 3 aromatic rings. The van der Waals surface area contributed by atoms with Crippen LogP contribution in [0.2, 0.25) is 0 Å². The van der Waals surface area contributed by atoms with E-state index in [4.69, 9.17) is 5.73 Å². The molecule has 5 heteroatoms. The third kappa shape index (κ3) is 2.38. The lowest BCUT2D eigenvalue weighted by molar-refractivity contribution is 0.0986. The highest BCUT2D eigenvalue weighted by atomic mass is 16.1. The average molecular weight is 280 g/mol. The maximum Gasteiger partial charge on any atom is 0.190 e. The number of anilines is 1. The first kappa shape index (κ1) is 13.3. The fourth-order valence-corrected chi connectivity index (χ4v) is 2.49. The highest BCUT2D eigenvalue weighted by Gasteiger charge is 2.16. The minimum atomic E-state index is -0.113. The Hall–Kier alpha value is -2.69. The van der Waals surface area contributed by atoms with Gasteiger partial charge in [0.25, 0.3) is 0 Å². The number of benzene rings is 1. The molecule has 1 aromatic carbocycles. The summed E-state index contributed by atoms with van der Waals surface area (Å²) < 4.78 is 2.05. The van der Waals surface area contributed by atoms with Crippen molar-refractivity contribution in [1.82, 2.24) is 14.5 Å². The summed E-state index contributed by atoms with van der Waals surface area (Å²) in [4.78, 5) is 21.0. The van der Waals surface area contributed by atoms with Gasteiger partial charge in [0.15, 0.2) is 5.78 Å².